The van der Waals surface area contributed by atoms with E-state index in [1.54, 1.807) is 18.2 Å². The summed E-state index contributed by atoms with van der Waals surface area (Å²) in [5.74, 6) is 1.81. The molecule has 0 radical (unpaired) electrons. The third-order valence-electron chi connectivity index (χ3n) is 9.50. The number of carbonyl (C=O) groups is 1. The Morgan fingerprint density at radius 1 is 1.12 bits per heavy atom. The van der Waals surface area contributed by atoms with Gasteiger partial charge in [0.25, 0.3) is 0 Å². The minimum Gasteiger partial charge on any atom is -0.485 e. The molecule has 5 heterocycles. The molecule has 4 aliphatic heterocycles. The zero-order valence-corrected chi connectivity index (χ0v) is 24.4. The van der Waals surface area contributed by atoms with Gasteiger partial charge in [0, 0.05) is 28.8 Å². The lowest BCUT2D eigenvalue weighted by Crippen LogP contribution is -2.55. The third-order valence-corrected chi connectivity index (χ3v) is 9.74. The van der Waals surface area contributed by atoms with Crippen molar-refractivity contribution in [2.45, 2.75) is 56.0 Å². The average Bonchev–Trinajstić information content (AvgIpc) is 3.36. The number of methoxy groups -OCH3 is 1. The lowest BCUT2D eigenvalue weighted by molar-refractivity contribution is -0.112. The van der Waals surface area contributed by atoms with Crippen LogP contribution in [-0.2, 0) is 16.0 Å². The summed E-state index contributed by atoms with van der Waals surface area (Å²) < 4.78 is 40.9. The van der Waals surface area contributed by atoms with E-state index < -0.39 is 11.9 Å². The Kier molecular flexibility index (Phi) is 6.58. The van der Waals surface area contributed by atoms with Gasteiger partial charge >= 0.3 is 5.97 Å². The van der Waals surface area contributed by atoms with Crippen LogP contribution in [0.2, 0.25) is 5.02 Å². The molecule has 4 aromatic rings. The van der Waals surface area contributed by atoms with Crippen LogP contribution >= 0.6 is 11.6 Å². The number of imidazole rings is 1. The molecule has 10 heteroatoms. The van der Waals surface area contributed by atoms with Gasteiger partial charge in [-0.05, 0) is 68.1 Å². The smallest absolute Gasteiger partial charge is 0.337 e. The molecule has 5 unspecified atom stereocenters. The number of para-hydroxylation sites is 1. The summed E-state index contributed by atoms with van der Waals surface area (Å²) in [5.41, 5.74) is 3.82. The van der Waals surface area contributed by atoms with Crippen LogP contribution in [0, 0.1) is 5.82 Å². The summed E-state index contributed by atoms with van der Waals surface area (Å²) in [6.45, 7) is 2.59. The van der Waals surface area contributed by atoms with Gasteiger partial charge in [0.15, 0.2) is 17.6 Å². The molecule has 0 bridgehead atoms. The highest BCUT2D eigenvalue weighted by Crippen LogP contribution is 2.49. The van der Waals surface area contributed by atoms with E-state index in [0.717, 1.165) is 61.4 Å². The van der Waals surface area contributed by atoms with Gasteiger partial charge < -0.3 is 23.5 Å². The summed E-state index contributed by atoms with van der Waals surface area (Å²) in [4.78, 5) is 19.9. The zero-order chi connectivity index (χ0) is 29.2. The first-order valence-corrected chi connectivity index (χ1v) is 15.2. The van der Waals surface area contributed by atoms with Crippen molar-refractivity contribution < 1.29 is 28.1 Å². The fraction of sp³-hybridized carbons (Fsp3) is 0.394. The van der Waals surface area contributed by atoms with Gasteiger partial charge in [0.05, 0.1) is 42.4 Å². The van der Waals surface area contributed by atoms with Gasteiger partial charge in [-0.1, -0.05) is 29.8 Å². The van der Waals surface area contributed by atoms with Crippen LogP contribution in [0.1, 0.15) is 64.6 Å². The number of rotatable bonds is 4. The van der Waals surface area contributed by atoms with Crippen molar-refractivity contribution in [3.8, 4) is 11.5 Å². The number of fused-ring (bicyclic) bond motifs is 5. The molecule has 0 amide bonds. The average molecular weight is 604 g/mol. The topological polar surface area (TPSA) is 75.0 Å². The number of ether oxygens (including phenoxy) is 4. The third kappa shape index (κ3) is 4.48. The Morgan fingerprint density at radius 3 is 2.79 bits per heavy atom. The molecule has 2 saturated heterocycles. The highest BCUT2D eigenvalue weighted by atomic mass is 35.5. The van der Waals surface area contributed by atoms with Gasteiger partial charge in [-0.25, -0.2) is 14.2 Å². The minimum atomic E-state index is -0.569. The molecule has 2 fully saturated rings. The molecule has 8 rings (SSSR count). The van der Waals surface area contributed by atoms with Crippen LogP contribution in [0.4, 0.5) is 4.39 Å². The number of nitrogens with zero attached hydrogens (tertiary/aromatic N) is 3. The molecule has 0 N–H and O–H groups in total. The van der Waals surface area contributed by atoms with E-state index in [2.05, 4.69) is 15.5 Å². The normalized spacial score (nSPS) is 26.3. The number of piperidine rings is 1. The number of esters is 1. The molecule has 4 aliphatic rings. The molecule has 3 aromatic carbocycles. The van der Waals surface area contributed by atoms with E-state index >= 15 is 0 Å². The van der Waals surface area contributed by atoms with Crippen molar-refractivity contribution in [2.24, 2.45) is 0 Å². The predicted molar refractivity (Wildman–Crippen MR) is 157 cm³/mol. The Labute approximate surface area is 253 Å². The van der Waals surface area contributed by atoms with Gasteiger partial charge in [0.2, 0.25) is 0 Å². The van der Waals surface area contributed by atoms with Gasteiger partial charge in [0.1, 0.15) is 18.2 Å². The number of benzene rings is 3. The van der Waals surface area contributed by atoms with E-state index in [1.165, 1.54) is 13.2 Å². The Morgan fingerprint density at radius 2 is 2.00 bits per heavy atom. The van der Waals surface area contributed by atoms with Crippen molar-refractivity contribution in [3.63, 3.8) is 0 Å². The summed E-state index contributed by atoms with van der Waals surface area (Å²) in [5, 5.41) is 0.346. The standard InChI is InChI=1S/C33H31ClFN3O5/c1-40-33(39)19-5-8-24-25(14-19)38-30(36-24)16-37-11-9-18(13-26(37)31(38)27-10-12-41-27)21-3-2-4-28-32(21)43-29(17-42-28)22-7-6-20(34)15-23(22)35/h2-8,14-15,18,26-27,29,31H,9-13,16-17H2,1H3. The molecule has 5 atom stereocenters. The van der Waals surface area contributed by atoms with Crippen molar-refractivity contribution in [3.05, 3.63) is 88.0 Å². The Balaban J connectivity index is 1.14. The highest BCUT2D eigenvalue weighted by Gasteiger charge is 2.47. The van der Waals surface area contributed by atoms with Crippen molar-refractivity contribution in [2.75, 3.05) is 26.9 Å². The van der Waals surface area contributed by atoms with E-state index in [0.29, 0.717) is 27.6 Å². The molecule has 8 nitrogen and oxygen atoms in total. The minimum absolute atomic E-state index is 0.0471. The molecule has 0 aliphatic carbocycles. The van der Waals surface area contributed by atoms with E-state index in [-0.39, 0.29) is 36.7 Å². The number of hydrogen-bond acceptors (Lipinski definition) is 7. The summed E-state index contributed by atoms with van der Waals surface area (Å²) >= 11 is 6.00. The molecule has 1 aromatic heterocycles. The van der Waals surface area contributed by atoms with E-state index in [4.69, 9.17) is 35.5 Å². The quantitative estimate of drug-likeness (QED) is 0.256. The van der Waals surface area contributed by atoms with Crippen LogP contribution < -0.4 is 9.47 Å². The van der Waals surface area contributed by atoms with E-state index in [9.17, 15) is 9.18 Å². The molecule has 222 valence electrons. The van der Waals surface area contributed by atoms with Crippen LogP contribution in [0.5, 0.6) is 11.5 Å². The second-order valence-corrected chi connectivity index (χ2v) is 12.2. The maximum atomic E-state index is 14.8. The Hall–Kier alpha value is -3.66. The van der Waals surface area contributed by atoms with Gasteiger partial charge in [-0.2, -0.15) is 0 Å². The molecular weight excluding hydrogens is 573 g/mol. The fourth-order valence-corrected chi connectivity index (χ4v) is 7.51. The van der Waals surface area contributed by atoms with Crippen LogP contribution in [0.15, 0.2) is 54.6 Å². The molecule has 0 spiro atoms. The van der Waals surface area contributed by atoms with E-state index in [1.807, 2.05) is 24.3 Å². The van der Waals surface area contributed by atoms with Gasteiger partial charge in [-0.15, -0.1) is 0 Å². The molecule has 43 heavy (non-hydrogen) atoms. The zero-order valence-electron chi connectivity index (χ0n) is 23.7. The number of aromatic nitrogens is 2. The SMILES string of the molecule is COC(=O)c1ccc2nc3n(c2c1)C(C1CCO1)C1CC(c2cccc4c2OC(c2ccc(Cl)cc2F)CO4)CCN1C3. The highest BCUT2D eigenvalue weighted by molar-refractivity contribution is 6.30. The maximum Gasteiger partial charge on any atom is 0.337 e. The van der Waals surface area contributed by atoms with Crippen LogP contribution in [-0.4, -0.2) is 59.4 Å². The summed E-state index contributed by atoms with van der Waals surface area (Å²) in [6, 6.07) is 16.5. The van der Waals surface area contributed by atoms with Crippen molar-refractivity contribution in [1.82, 2.24) is 14.5 Å². The van der Waals surface area contributed by atoms with Gasteiger partial charge in [-0.3, -0.25) is 4.90 Å². The lowest BCUT2D eigenvalue weighted by atomic mass is 9.79. The molecule has 0 saturated carbocycles. The monoisotopic (exact) mass is 603 g/mol. The van der Waals surface area contributed by atoms with Crippen molar-refractivity contribution >= 4 is 28.6 Å². The lowest BCUT2D eigenvalue weighted by Gasteiger charge is -2.51. The summed E-state index contributed by atoms with van der Waals surface area (Å²) in [6.07, 6.45) is 2.30. The maximum absolute atomic E-state index is 14.8. The number of carbonyl (C=O) groups excluding carboxylic acids is 1. The largest absolute Gasteiger partial charge is 0.485 e. The second-order valence-electron chi connectivity index (χ2n) is 11.8. The molecular formula is C33H31ClFN3O5. The van der Waals surface area contributed by atoms with Crippen LogP contribution in [0.25, 0.3) is 11.0 Å². The second kappa shape index (κ2) is 10.5. The number of hydrogen-bond donors (Lipinski definition) is 0. The first-order chi connectivity index (χ1) is 21.0. The Bertz CT molecular complexity index is 1740. The summed E-state index contributed by atoms with van der Waals surface area (Å²) in [7, 11) is 1.40. The first kappa shape index (κ1) is 26.9. The first-order valence-electron chi connectivity index (χ1n) is 14.8. The fourth-order valence-electron chi connectivity index (χ4n) is 7.35. The number of halogens is 2. The van der Waals surface area contributed by atoms with Crippen molar-refractivity contribution in [1.29, 1.82) is 0 Å². The van der Waals surface area contributed by atoms with Crippen LogP contribution in [0.3, 0.4) is 0 Å². The predicted octanol–water partition coefficient (Wildman–Crippen LogP) is 6.22.